The van der Waals surface area contributed by atoms with Crippen LogP contribution in [-0.4, -0.2) is 16.1 Å². The van der Waals surface area contributed by atoms with Gasteiger partial charge in [0.1, 0.15) is 0 Å². The van der Waals surface area contributed by atoms with E-state index >= 15 is 0 Å². The first kappa shape index (κ1) is 12.3. The van der Waals surface area contributed by atoms with Gasteiger partial charge < -0.3 is 9.88 Å². The molecule has 3 rings (SSSR count). The Morgan fingerprint density at radius 1 is 1.42 bits per heavy atom. The number of aryl methyl sites for hydroxylation is 1. The SMILES string of the molecule is CCC(C)c1cncn1-c1ccc2c(c1)CCCN2. The third kappa shape index (κ3) is 2.25. The number of nitrogens with one attached hydrogen (secondary N) is 1. The Hall–Kier alpha value is -1.77. The van der Waals surface area contributed by atoms with Crippen LogP contribution in [0.5, 0.6) is 0 Å². The highest BCUT2D eigenvalue weighted by atomic mass is 15.1. The van der Waals surface area contributed by atoms with E-state index in [9.17, 15) is 0 Å². The van der Waals surface area contributed by atoms with Gasteiger partial charge in [-0.25, -0.2) is 4.98 Å². The summed E-state index contributed by atoms with van der Waals surface area (Å²) in [5, 5.41) is 3.46. The van der Waals surface area contributed by atoms with Crippen LogP contribution >= 0.6 is 0 Å². The van der Waals surface area contributed by atoms with Gasteiger partial charge in [-0.15, -0.1) is 0 Å². The highest BCUT2D eigenvalue weighted by Crippen LogP contribution is 2.27. The van der Waals surface area contributed by atoms with Gasteiger partial charge in [-0.2, -0.15) is 0 Å². The summed E-state index contributed by atoms with van der Waals surface area (Å²) in [4.78, 5) is 4.33. The van der Waals surface area contributed by atoms with Crippen LogP contribution in [0, 0.1) is 0 Å². The summed E-state index contributed by atoms with van der Waals surface area (Å²) in [6.07, 6.45) is 7.45. The van der Waals surface area contributed by atoms with Crippen LogP contribution in [0.2, 0.25) is 0 Å². The first-order valence-electron chi connectivity index (χ1n) is 7.19. The Balaban J connectivity index is 2.00. The molecule has 2 heterocycles. The molecule has 0 bridgehead atoms. The van der Waals surface area contributed by atoms with Crippen LogP contribution in [0.1, 0.15) is 43.9 Å². The molecule has 100 valence electrons. The van der Waals surface area contributed by atoms with Gasteiger partial charge in [0.25, 0.3) is 0 Å². The number of anilines is 1. The van der Waals surface area contributed by atoms with E-state index in [0.717, 1.165) is 13.0 Å². The van der Waals surface area contributed by atoms with Crippen LogP contribution in [0.4, 0.5) is 5.69 Å². The van der Waals surface area contributed by atoms with E-state index in [1.54, 1.807) is 0 Å². The third-order valence-corrected chi connectivity index (χ3v) is 4.09. The van der Waals surface area contributed by atoms with Crippen molar-refractivity contribution in [2.45, 2.75) is 39.0 Å². The summed E-state index contributed by atoms with van der Waals surface area (Å²) in [6.45, 7) is 5.57. The van der Waals surface area contributed by atoms with Crippen molar-refractivity contribution in [1.29, 1.82) is 0 Å². The van der Waals surface area contributed by atoms with E-state index in [-0.39, 0.29) is 0 Å². The monoisotopic (exact) mass is 255 g/mol. The molecule has 1 aliphatic rings. The average Bonchev–Trinajstić information content (AvgIpc) is 2.95. The minimum atomic E-state index is 0.539. The van der Waals surface area contributed by atoms with E-state index < -0.39 is 0 Å². The van der Waals surface area contributed by atoms with Crippen molar-refractivity contribution in [3.05, 3.63) is 42.0 Å². The van der Waals surface area contributed by atoms with Crippen LogP contribution in [0.15, 0.2) is 30.7 Å². The molecule has 1 atom stereocenters. The van der Waals surface area contributed by atoms with Gasteiger partial charge in [-0.3, -0.25) is 0 Å². The van der Waals surface area contributed by atoms with Crippen LogP contribution < -0.4 is 5.32 Å². The molecule has 1 unspecified atom stereocenters. The standard InChI is InChI=1S/C16H21N3/c1-3-12(2)16-10-17-11-19(16)14-6-7-15-13(9-14)5-4-8-18-15/h6-7,9-12,18H,3-5,8H2,1-2H3. The number of imidazole rings is 1. The number of fused-ring (bicyclic) bond motifs is 1. The summed E-state index contributed by atoms with van der Waals surface area (Å²) in [7, 11) is 0. The van der Waals surface area contributed by atoms with Crippen molar-refractivity contribution in [3.63, 3.8) is 0 Å². The minimum absolute atomic E-state index is 0.539. The topological polar surface area (TPSA) is 29.9 Å². The summed E-state index contributed by atoms with van der Waals surface area (Å²) in [6, 6.07) is 6.68. The molecule has 0 saturated carbocycles. The highest BCUT2D eigenvalue weighted by molar-refractivity contribution is 5.57. The summed E-state index contributed by atoms with van der Waals surface area (Å²) in [5.74, 6) is 0.539. The summed E-state index contributed by atoms with van der Waals surface area (Å²) >= 11 is 0. The van der Waals surface area contributed by atoms with Gasteiger partial charge in [-0.05, 0) is 48.9 Å². The second kappa shape index (κ2) is 5.08. The average molecular weight is 255 g/mol. The molecule has 19 heavy (non-hydrogen) atoms. The molecule has 1 aromatic carbocycles. The molecule has 1 aromatic heterocycles. The van der Waals surface area contributed by atoms with Crippen LogP contribution in [0.25, 0.3) is 5.69 Å². The Labute approximate surface area is 114 Å². The van der Waals surface area contributed by atoms with Crippen molar-refractivity contribution in [2.24, 2.45) is 0 Å². The zero-order chi connectivity index (χ0) is 13.2. The van der Waals surface area contributed by atoms with Crippen molar-refractivity contribution < 1.29 is 0 Å². The van der Waals surface area contributed by atoms with Crippen LogP contribution in [0.3, 0.4) is 0 Å². The Morgan fingerprint density at radius 3 is 3.16 bits per heavy atom. The van der Waals surface area contributed by atoms with E-state index in [0.29, 0.717) is 5.92 Å². The molecule has 1 aliphatic heterocycles. The maximum atomic E-state index is 4.33. The third-order valence-electron chi connectivity index (χ3n) is 4.09. The fraction of sp³-hybridized carbons (Fsp3) is 0.438. The van der Waals surface area contributed by atoms with E-state index in [4.69, 9.17) is 0 Å². The Bertz CT molecular complexity index is 571. The number of benzene rings is 1. The van der Waals surface area contributed by atoms with Crippen molar-refractivity contribution >= 4 is 5.69 Å². The zero-order valence-electron chi connectivity index (χ0n) is 11.7. The van der Waals surface area contributed by atoms with Gasteiger partial charge in [0.05, 0.1) is 6.33 Å². The van der Waals surface area contributed by atoms with Gasteiger partial charge in [-0.1, -0.05) is 13.8 Å². The minimum Gasteiger partial charge on any atom is -0.385 e. The zero-order valence-corrected chi connectivity index (χ0v) is 11.7. The fourth-order valence-corrected chi connectivity index (χ4v) is 2.71. The molecule has 3 heteroatoms. The molecule has 1 N–H and O–H groups in total. The second-order valence-electron chi connectivity index (χ2n) is 5.37. The predicted octanol–water partition coefficient (Wildman–Crippen LogP) is 3.74. The van der Waals surface area contributed by atoms with E-state index in [1.807, 2.05) is 12.5 Å². The lowest BCUT2D eigenvalue weighted by molar-refractivity contribution is 0.689. The molecule has 0 aliphatic carbocycles. The lowest BCUT2D eigenvalue weighted by Gasteiger charge is -2.20. The maximum Gasteiger partial charge on any atom is 0.0994 e. The number of rotatable bonds is 3. The molecule has 0 spiro atoms. The molecule has 0 amide bonds. The van der Waals surface area contributed by atoms with E-state index in [2.05, 4.69) is 46.9 Å². The molecular formula is C16H21N3. The number of nitrogens with zero attached hydrogens (tertiary/aromatic N) is 2. The first-order chi connectivity index (χ1) is 9.29. The lowest BCUT2D eigenvalue weighted by atomic mass is 10.0. The predicted molar refractivity (Wildman–Crippen MR) is 79.1 cm³/mol. The molecule has 2 aromatic rings. The molecule has 0 fully saturated rings. The van der Waals surface area contributed by atoms with Gasteiger partial charge in [0.2, 0.25) is 0 Å². The van der Waals surface area contributed by atoms with Gasteiger partial charge in [0.15, 0.2) is 0 Å². The first-order valence-corrected chi connectivity index (χ1v) is 7.19. The fourth-order valence-electron chi connectivity index (χ4n) is 2.71. The van der Waals surface area contributed by atoms with Crippen molar-refractivity contribution in [2.75, 3.05) is 11.9 Å². The number of aromatic nitrogens is 2. The molecule has 0 saturated heterocycles. The Kier molecular flexibility index (Phi) is 3.28. The highest BCUT2D eigenvalue weighted by Gasteiger charge is 2.13. The number of hydrogen-bond donors (Lipinski definition) is 1. The quantitative estimate of drug-likeness (QED) is 0.905. The largest absolute Gasteiger partial charge is 0.385 e. The second-order valence-corrected chi connectivity index (χ2v) is 5.37. The van der Waals surface area contributed by atoms with E-state index in [1.165, 1.54) is 35.5 Å². The smallest absolute Gasteiger partial charge is 0.0994 e. The Morgan fingerprint density at radius 2 is 2.32 bits per heavy atom. The molecule has 0 radical (unpaired) electrons. The van der Waals surface area contributed by atoms with Crippen molar-refractivity contribution in [3.8, 4) is 5.69 Å². The molecule has 3 nitrogen and oxygen atoms in total. The van der Waals surface area contributed by atoms with Gasteiger partial charge >= 0.3 is 0 Å². The van der Waals surface area contributed by atoms with Gasteiger partial charge in [0, 0.05) is 29.8 Å². The lowest BCUT2D eigenvalue weighted by Crippen LogP contribution is -2.12. The normalized spacial score (nSPS) is 15.7. The number of hydrogen-bond acceptors (Lipinski definition) is 2. The maximum absolute atomic E-state index is 4.33. The summed E-state index contributed by atoms with van der Waals surface area (Å²) < 4.78 is 2.23. The summed E-state index contributed by atoms with van der Waals surface area (Å²) in [5.41, 5.74) is 5.24. The molecular weight excluding hydrogens is 234 g/mol. The van der Waals surface area contributed by atoms with Crippen LogP contribution in [-0.2, 0) is 6.42 Å². The van der Waals surface area contributed by atoms with Crippen molar-refractivity contribution in [1.82, 2.24) is 9.55 Å².